The van der Waals surface area contributed by atoms with Gasteiger partial charge in [0.2, 0.25) is 0 Å². The molecule has 2 heterocycles. The molecule has 150 valence electrons. The van der Waals surface area contributed by atoms with E-state index in [9.17, 15) is 0 Å². The minimum Gasteiger partial charge on any atom is -0.399 e. The lowest BCUT2D eigenvalue weighted by molar-refractivity contribution is -0.0159. The zero-order chi connectivity index (χ0) is 19.7. The van der Waals surface area contributed by atoms with Crippen molar-refractivity contribution in [3.8, 4) is 0 Å². The molecule has 2 aliphatic rings. The molecule has 0 aromatic heterocycles. The fourth-order valence-corrected chi connectivity index (χ4v) is 4.31. The molecule has 1 unspecified atom stereocenters. The van der Waals surface area contributed by atoms with Crippen molar-refractivity contribution < 1.29 is 9.31 Å². The second kappa shape index (κ2) is 8.14. The van der Waals surface area contributed by atoms with Gasteiger partial charge in [0.1, 0.15) is 0 Å². The Morgan fingerprint density at radius 1 is 1.00 bits per heavy atom. The van der Waals surface area contributed by atoms with Crippen molar-refractivity contribution in [2.75, 3.05) is 37.6 Å². The number of benzene rings is 1. The van der Waals surface area contributed by atoms with Gasteiger partial charge in [-0.05, 0) is 50.7 Å². The SMILES string of the molecule is CCCC1(C)OB(c2ccc(N3CCN(CC(C)C)CC3)cc2)OC1(C)C. The Labute approximate surface area is 166 Å². The van der Waals surface area contributed by atoms with E-state index in [4.69, 9.17) is 9.31 Å². The van der Waals surface area contributed by atoms with Gasteiger partial charge in [0.15, 0.2) is 0 Å². The van der Waals surface area contributed by atoms with Crippen LogP contribution >= 0.6 is 0 Å². The molecular weight excluding hydrogens is 335 g/mol. The van der Waals surface area contributed by atoms with E-state index in [-0.39, 0.29) is 18.3 Å². The van der Waals surface area contributed by atoms with Crippen molar-refractivity contribution >= 4 is 18.3 Å². The molecule has 0 amide bonds. The summed E-state index contributed by atoms with van der Waals surface area (Å²) in [5, 5.41) is 0. The van der Waals surface area contributed by atoms with Crippen molar-refractivity contribution in [1.29, 1.82) is 0 Å². The van der Waals surface area contributed by atoms with E-state index in [1.807, 2.05) is 0 Å². The van der Waals surface area contributed by atoms with E-state index in [0.717, 1.165) is 50.4 Å². The molecule has 4 nitrogen and oxygen atoms in total. The van der Waals surface area contributed by atoms with Crippen LogP contribution in [0.25, 0.3) is 0 Å². The van der Waals surface area contributed by atoms with Gasteiger partial charge in [0, 0.05) is 38.4 Å². The van der Waals surface area contributed by atoms with Gasteiger partial charge < -0.3 is 14.2 Å². The van der Waals surface area contributed by atoms with Crippen LogP contribution in [0.1, 0.15) is 54.4 Å². The zero-order valence-corrected chi connectivity index (χ0v) is 18.1. The van der Waals surface area contributed by atoms with E-state index >= 15 is 0 Å². The third-order valence-electron chi connectivity index (χ3n) is 6.30. The van der Waals surface area contributed by atoms with Crippen LogP contribution in [0.15, 0.2) is 24.3 Å². The minimum absolute atomic E-state index is 0.238. The number of hydrogen-bond acceptors (Lipinski definition) is 4. The van der Waals surface area contributed by atoms with Crippen LogP contribution in [0.3, 0.4) is 0 Å². The molecule has 2 aliphatic heterocycles. The molecular formula is C22H37BN2O2. The largest absolute Gasteiger partial charge is 0.494 e. The highest BCUT2D eigenvalue weighted by molar-refractivity contribution is 6.62. The van der Waals surface area contributed by atoms with E-state index < -0.39 is 0 Å². The summed E-state index contributed by atoms with van der Waals surface area (Å²) < 4.78 is 12.7. The Balaban J connectivity index is 1.62. The molecule has 1 aromatic carbocycles. The number of anilines is 1. The highest BCUT2D eigenvalue weighted by Gasteiger charge is 2.53. The van der Waals surface area contributed by atoms with Crippen LogP contribution in [0.2, 0.25) is 0 Å². The monoisotopic (exact) mass is 372 g/mol. The Morgan fingerprint density at radius 2 is 1.63 bits per heavy atom. The molecule has 0 aliphatic carbocycles. The average Bonchev–Trinajstić information content (AvgIpc) is 2.85. The van der Waals surface area contributed by atoms with Gasteiger partial charge in [-0.25, -0.2) is 0 Å². The third kappa shape index (κ3) is 4.52. The summed E-state index contributed by atoms with van der Waals surface area (Å²) in [6, 6.07) is 8.80. The third-order valence-corrected chi connectivity index (χ3v) is 6.30. The normalized spacial score (nSPS) is 26.2. The molecule has 27 heavy (non-hydrogen) atoms. The Bertz CT molecular complexity index is 611. The standard InChI is InChI=1S/C22H37BN2O2/c1-7-12-22(6)21(4,5)26-23(27-22)19-8-10-20(11-9-19)25-15-13-24(14-16-25)17-18(2)3/h8-11,18H,7,12-17H2,1-6H3. The fraction of sp³-hybridized carbons (Fsp3) is 0.727. The summed E-state index contributed by atoms with van der Waals surface area (Å²) in [6.07, 6.45) is 2.10. The fourth-order valence-electron chi connectivity index (χ4n) is 4.31. The molecule has 0 radical (unpaired) electrons. The summed E-state index contributed by atoms with van der Waals surface area (Å²) in [5.41, 5.74) is 1.90. The lowest BCUT2D eigenvalue weighted by Gasteiger charge is -2.36. The summed E-state index contributed by atoms with van der Waals surface area (Å²) in [7, 11) is -0.270. The van der Waals surface area contributed by atoms with E-state index in [0.29, 0.717) is 0 Å². The Hall–Kier alpha value is -1.04. The molecule has 1 aromatic rings. The summed E-state index contributed by atoms with van der Waals surface area (Å²) >= 11 is 0. The van der Waals surface area contributed by atoms with Gasteiger partial charge in [0.25, 0.3) is 0 Å². The molecule has 0 spiro atoms. The molecule has 1 atom stereocenters. The molecule has 2 saturated heterocycles. The van der Waals surface area contributed by atoms with Gasteiger partial charge in [-0.3, -0.25) is 4.90 Å². The molecule has 3 rings (SSSR count). The first-order valence-corrected chi connectivity index (χ1v) is 10.7. The quantitative estimate of drug-likeness (QED) is 0.713. The highest BCUT2D eigenvalue weighted by atomic mass is 16.7. The first-order chi connectivity index (χ1) is 12.7. The Morgan fingerprint density at radius 3 is 2.19 bits per heavy atom. The van der Waals surface area contributed by atoms with Crippen LogP contribution < -0.4 is 10.4 Å². The summed E-state index contributed by atoms with van der Waals surface area (Å²) in [6.45, 7) is 19.0. The zero-order valence-electron chi connectivity index (χ0n) is 18.1. The van der Waals surface area contributed by atoms with Gasteiger partial charge >= 0.3 is 7.12 Å². The van der Waals surface area contributed by atoms with E-state index in [2.05, 4.69) is 75.6 Å². The van der Waals surface area contributed by atoms with E-state index in [1.165, 1.54) is 12.2 Å². The predicted molar refractivity (Wildman–Crippen MR) is 115 cm³/mol. The highest BCUT2D eigenvalue weighted by Crippen LogP contribution is 2.40. The van der Waals surface area contributed by atoms with Gasteiger partial charge in [0.05, 0.1) is 11.2 Å². The maximum absolute atomic E-state index is 6.38. The van der Waals surface area contributed by atoms with Crippen LogP contribution in [-0.2, 0) is 9.31 Å². The number of hydrogen-bond donors (Lipinski definition) is 0. The lowest BCUT2D eigenvalue weighted by Crippen LogP contribution is -2.47. The molecule has 5 heteroatoms. The minimum atomic E-state index is -0.279. The smallest absolute Gasteiger partial charge is 0.399 e. The number of rotatable bonds is 6. The summed E-state index contributed by atoms with van der Waals surface area (Å²) in [5.74, 6) is 0.741. The molecule has 0 N–H and O–H groups in total. The molecule has 2 fully saturated rings. The van der Waals surface area contributed by atoms with Crippen LogP contribution in [0.5, 0.6) is 0 Å². The van der Waals surface area contributed by atoms with Crippen molar-refractivity contribution in [2.24, 2.45) is 5.92 Å². The maximum atomic E-state index is 6.38. The van der Waals surface area contributed by atoms with Gasteiger partial charge in [-0.2, -0.15) is 0 Å². The van der Waals surface area contributed by atoms with Crippen molar-refractivity contribution in [3.63, 3.8) is 0 Å². The molecule has 0 bridgehead atoms. The predicted octanol–water partition coefficient (Wildman–Crippen LogP) is 3.54. The number of piperazine rings is 1. The average molecular weight is 372 g/mol. The summed E-state index contributed by atoms with van der Waals surface area (Å²) in [4.78, 5) is 5.06. The van der Waals surface area contributed by atoms with E-state index in [1.54, 1.807) is 0 Å². The second-order valence-electron chi connectivity index (χ2n) is 9.33. The Kier molecular flexibility index (Phi) is 6.24. The van der Waals surface area contributed by atoms with Crippen LogP contribution in [0.4, 0.5) is 5.69 Å². The topological polar surface area (TPSA) is 24.9 Å². The second-order valence-corrected chi connectivity index (χ2v) is 9.33. The van der Waals surface area contributed by atoms with Gasteiger partial charge in [-0.15, -0.1) is 0 Å². The maximum Gasteiger partial charge on any atom is 0.494 e. The van der Waals surface area contributed by atoms with Crippen LogP contribution in [0, 0.1) is 5.92 Å². The molecule has 0 saturated carbocycles. The van der Waals surface area contributed by atoms with Crippen molar-refractivity contribution in [2.45, 2.75) is 65.6 Å². The van der Waals surface area contributed by atoms with Crippen molar-refractivity contribution in [3.05, 3.63) is 24.3 Å². The first-order valence-electron chi connectivity index (χ1n) is 10.7. The van der Waals surface area contributed by atoms with Gasteiger partial charge in [-0.1, -0.05) is 39.3 Å². The number of nitrogens with zero attached hydrogens (tertiary/aromatic N) is 2. The van der Waals surface area contributed by atoms with Crippen LogP contribution in [-0.4, -0.2) is 55.9 Å². The van der Waals surface area contributed by atoms with Crippen molar-refractivity contribution in [1.82, 2.24) is 4.90 Å². The first kappa shape index (κ1) is 20.7. The lowest BCUT2D eigenvalue weighted by atomic mass is 9.79.